The van der Waals surface area contributed by atoms with Crippen LogP contribution in [-0.4, -0.2) is 49.8 Å². The zero-order chi connectivity index (χ0) is 15.7. The van der Waals surface area contributed by atoms with E-state index in [4.69, 9.17) is 5.11 Å². The van der Waals surface area contributed by atoms with Crippen molar-refractivity contribution >= 4 is 6.03 Å². The molecular formula is C16H27N3O2. The highest BCUT2D eigenvalue weighted by Gasteiger charge is 2.14. The summed E-state index contributed by atoms with van der Waals surface area (Å²) >= 11 is 0. The maximum atomic E-state index is 11.8. The molecule has 0 heterocycles. The van der Waals surface area contributed by atoms with E-state index in [1.165, 1.54) is 5.56 Å². The molecule has 0 fully saturated rings. The molecule has 0 radical (unpaired) electrons. The van der Waals surface area contributed by atoms with E-state index in [1.807, 2.05) is 39.2 Å². The number of nitrogens with zero attached hydrogens (tertiary/aromatic N) is 1. The van der Waals surface area contributed by atoms with Crippen molar-refractivity contribution in [2.45, 2.75) is 19.4 Å². The maximum Gasteiger partial charge on any atom is 0.314 e. The molecule has 2 atom stereocenters. The van der Waals surface area contributed by atoms with E-state index in [1.54, 1.807) is 0 Å². The molecule has 0 aromatic heterocycles. The van der Waals surface area contributed by atoms with Gasteiger partial charge in [-0.3, -0.25) is 0 Å². The molecular weight excluding hydrogens is 266 g/mol. The largest absolute Gasteiger partial charge is 0.396 e. The van der Waals surface area contributed by atoms with Crippen LogP contribution in [0.25, 0.3) is 0 Å². The number of hydrogen-bond acceptors (Lipinski definition) is 3. The molecule has 0 aliphatic carbocycles. The Morgan fingerprint density at radius 2 is 1.81 bits per heavy atom. The SMILES string of the molecule is CC(CCO)CNC(=O)NCC(c1ccccc1)N(C)C. The summed E-state index contributed by atoms with van der Waals surface area (Å²) in [6.45, 7) is 3.28. The zero-order valence-corrected chi connectivity index (χ0v) is 13.2. The van der Waals surface area contributed by atoms with Gasteiger partial charge in [0.1, 0.15) is 0 Å². The summed E-state index contributed by atoms with van der Waals surface area (Å²) in [5.74, 6) is 0.277. The summed E-state index contributed by atoms with van der Waals surface area (Å²) in [5, 5.41) is 14.6. The summed E-state index contributed by atoms with van der Waals surface area (Å²) < 4.78 is 0. The average Bonchev–Trinajstić information content (AvgIpc) is 2.46. The van der Waals surface area contributed by atoms with Gasteiger partial charge < -0.3 is 20.6 Å². The number of carbonyl (C=O) groups is 1. The number of hydrogen-bond donors (Lipinski definition) is 3. The first-order valence-electron chi connectivity index (χ1n) is 7.38. The van der Waals surface area contributed by atoms with Crippen LogP contribution in [0.3, 0.4) is 0 Å². The molecule has 0 saturated carbocycles. The number of aliphatic hydroxyl groups excluding tert-OH is 1. The highest BCUT2D eigenvalue weighted by molar-refractivity contribution is 5.73. The number of nitrogens with one attached hydrogen (secondary N) is 2. The molecule has 1 aromatic carbocycles. The lowest BCUT2D eigenvalue weighted by Gasteiger charge is -2.25. The highest BCUT2D eigenvalue weighted by atomic mass is 16.3. The molecule has 1 aromatic rings. The van der Waals surface area contributed by atoms with Crippen LogP contribution in [0.4, 0.5) is 4.79 Å². The molecule has 0 bridgehead atoms. The summed E-state index contributed by atoms with van der Waals surface area (Å²) in [6, 6.07) is 10.1. The zero-order valence-electron chi connectivity index (χ0n) is 13.2. The molecule has 21 heavy (non-hydrogen) atoms. The van der Waals surface area contributed by atoms with E-state index in [-0.39, 0.29) is 24.6 Å². The molecule has 2 amide bonds. The number of aliphatic hydroxyl groups is 1. The van der Waals surface area contributed by atoms with Crippen molar-refractivity contribution in [1.82, 2.24) is 15.5 Å². The molecule has 0 saturated heterocycles. The minimum Gasteiger partial charge on any atom is -0.396 e. The summed E-state index contributed by atoms with van der Waals surface area (Å²) in [5.41, 5.74) is 1.18. The van der Waals surface area contributed by atoms with Gasteiger partial charge in [-0.2, -0.15) is 0 Å². The lowest BCUT2D eigenvalue weighted by Crippen LogP contribution is -2.41. The summed E-state index contributed by atoms with van der Waals surface area (Å²) in [6.07, 6.45) is 0.699. The topological polar surface area (TPSA) is 64.6 Å². The first-order chi connectivity index (χ1) is 10.0. The maximum absolute atomic E-state index is 11.8. The van der Waals surface area contributed by atoms with Crippen LogP contribution < -0.4 is 10.6 Å². The molecule has 0 spiro atoms. The lowest BCUT2D eigenvalue weighted by atomic mass is 10.1. The van der Waals surface area contributed by atoms with Crippen molar-refractivity contribution in [3.05, 3.63) is 35.9 Å². The van der Waals surface area contributed by atoms with Gasteiger partial charge in [0.2, 0.25) is 0 Å². The van der Waals surface area contributed by atoms with Gasteiger partial charge in [0.25, 0.3) is 0 Å². The van der Waals surface area contributed by atoms with Crippen LogP contribution in [-0.2, 0) is 0 Å². The van der Waals surface area contributed by atoms with E-state index < -0.39 is 0 Å². The van der Waals surface area contributed by atoms with Gasteiger partial charge in [0.05, 0.1) is 6.04 Å². The van der Waals surface area contributed by atoms with E-state index in [2.05, 4.69) is 27.7 Å². The molecule has 3 N–H and O–H groups in total. The van der Waals surface area contributed by atoms with Crippen LogP contribution in [0, 0.1) is 5.92 Å². The smallest absolute Gasteiger partial charge is 0.314 e. The fourth-order valence-corrected chi connectivity index (χ4v) is 2.12. The van der Waals surface area contributed by atoms with Crippen LogP contribution in [0.15, 0.2) is 30.3 Å². The van der Waals surface area contributed by atoms with Crippen molar-refractivity contribution < 1.29 is 9.90 Å². The van der Waals surface area contributed by atoms with Gasteiger partial charge in [-0.1, -0.05) is 37.3 Å². The van der Waals surface area contributed by atoms with Crippen molar-refractivity contribution in [2.24, 2.45) is 5.92 Å². The molecule has 0 aliphatic heterocycles. The van der Waals surface area contributed by atoms with Crippen molar-refractivity contribution in [1.29, 1.82) is 0 Å². The number of urea groups is 1. The average molecular weight is 293 g/mol. The van der Waals surface area contributed by atoms with Gasteiger partial charge >= 0.3 is 6.03 Å². The number of likely N-dealkylation sites (N-methyl/N-ethyl adjacent to an activating group) is 1. The van der Waals surface area contributed by atoms with Gasteiger partial charge in [-0.05, 0) is 32.0 Å². The van der Waals surface area contributed by atoms with Crippen LogP contribution >= 0.6 is 0 Å². The second kappa shape index (κ2) is 9.37. The molecule has 5 heteroatoms. The Hall–Kier alpha value is -1.59. The van der Waals surface area contributed by atoms with Crippen molar-refractivity contribution in [3.8, 4) is 0 Å². The summed E-state index contributed by atoms with van der Waals surface area (Å²) in [4.78, 5) is 13.9. The molecule has 0 aliphatic rings. The predicted molar refractivity (Wildman–Crippen MR) is 85.1 cm³/mol. The second-order valence-electron chi connectivity index (χ2n) is 5.60. The van der Waals surface area contributed by atoms with E-state index in [9.17, 15) is 4.79 Å². The monoisotopic (exact) mass is 293 g/mol. The third-order valence-electron chi connectivity index (χ3n) is 3.50. The predicted octanol–water partition coefficient (Wildman–Crippen LogP) is 1.61. The van der Waals surface area contributed by atoms with E-state index in [0.717, 1.165) is 0 Å². The fraction of sp³-hybridized carbons (Fsp3) is 0.562. The number of benzene rings is 1. The van der Waals surface area contributed by atoms with Crippen molar-refractivity contribution in [3.63, 3.8) is 0 Å². The first-order valence-corrected chi connectivity index (χ1v) is 7.38. The Morgan fingerprint density at radius 3 is 2.38 bits per heavy atom. The highest BCUT2D eigenvalue weighted by Crippen LogP contribution is 2.16. The first kappa shape index (κ1) is 17.5. The lowest BCUT2D eigenvalue weighted by molar-refractivity contribution is 0.227. The van der Waals surface area contributed by atoms with Gasteiger partial charge in [-0.25, -0.2) is 4.79 Å². The summed E-state index contributed by atoms with van der Waals surface area (Å²) in [7, 11) is 4.00. The van der Waals surface area contributed by atoms with Crippen LogP contribution in [0.5, 0.6) is 0 Å². The van der Waals surface area contributed by atoms with Crippen molar-refractivity contribution in [2.75, 3.05) is 33.8 Å². The normalized spacial score (nSPS) is 13.8. The number of amides is 2. The minimum absolute atomic E-state index is 0.145. The standard InChI is InChI=1S/C16H27N3O2/c1-13(9-10-20)11-17-16(21)18-12-15(19(2)3)14-7-5-4-6-8-14/h4-8,13,15,20H,9-12H2,1-3H3,(H2,17,18,21). The van der Waals surface area contributed by atoms with Crippen LogP contribution in [0.1, 0.15) is 24.9 Å². The Labute approximate surface area is 127 Å². The quantitative estimate of drug-likeness (QED) is 0.682. The van der Waals surface area contributed by atoms with Gasteiger partial charge in [-0.15, -0.1) is 0 Å². The third kappa shape index (κ3) is 6.60. The fourth-order valence-electron chi connectivity index (χ4n) is 2.12. The molecule has 2 unspecified atom stereocenters. The number of carbonyl (C=O) groups excluding carboxylic acids is 1. The second-order valence-corrected chi connectivity index (χ2v) is 5.60. The van der Waals surface area contributed by atoms with E-state index in [0.29, 0.717) is 19.5 Å². The third-order valence-corrected chi connectivity index (χ3v) is 3.50. The minimum atomic E-state index is -0.164. The van der Waals surface area contributed by atoms with Crippen LogP contribution in [0.2, 0.25) is 0 Å². The molecule has 1 rings (SSSR count). The Kier molecular flexibility index (Phi) is 7.79. The number of rotatable bonds is 8. The van der Waals surface area contributed by atoms with Gasteiger partial charge in [0.15, 0.2) is 0 Å². The van der Waals surface area contributed by atoms with E-state index >= 15 is 0 Å². The van der Waals surface area contributed by atoms with Gasteiger partial charge in [0, 0.05) is 19.7 Å². The Bertz CT molecular complexity index is 409. The molecule has 5 nitrogen and oxygen atoms in total. The molecule has 118 valence electrons. The Morgan fingerprint density at radius 1 is 1.19 bits per heavy atom. The Balaban J connectivity index is 2.42.